The number of benzene rings is 3. The summed E-state index contributed by atoms with van der Waals surface area (Å²) >= 11 is 0. The second kappa shape index (κ2) is 9.47. The summed E-state index contributed by atoms with van der Waals surface area (Å²) in [6.45, 7) is 4.08. The van der Waals surface area contributed by atoms with Gasteiger partial charge in [0.05, 0.1) is 25.2 Å². The number of aryl methyl sites for hydroxylation is 1. The maximum absolute atomic E-state index is 4.86. The highest BCUT2D eigenvalue weighted by Gasteiger charge is 2.15. The minimum atomic E-state index is -0.764. The molecule has 0 atom stereocenters. The Balaban J connectivity index is 1.65. The lowest BCUT2D eigenvalue weighted by atomic mass is 10.2. The highest BCUT2D eigenvalue weighted by molar-refractivity contribution is 7.74. The van der Waals surface area contributed by atoms with Crippen molar-refractivity contribution in [1.29, 1.82) is 0 Å². The van der Waals surface area contributed by atoms with Crippen molar-refractivity contribution in [3.8, 4) is 0 Å². The molecule has 3 aromatic carbocycles. The summed E-state index contributed by atoms with van der Waals surface area (Å²) in [5, 5.41) is 6.20. The molecule has 1 N–H and O–H groups in total. The molecule has 0 saturated heterocycles. The van der Waals surface area contributed by atoms with Crippen LogP contribution in [0.15, 0.2) is 108 Å². The second-order valence-corrected chi connectivity index (χ2v) is 8.94. The van der Waals surface area contributed by atoms with Gasteiger partial charge < -0.3 is 5.09 Å². The van der Waals surface area contributed by atoms with Gasteiger partial charge >= 0.3 is 0 Å². The van der Waals surface area contributed by atoms with Gasteiger partial charge in [-0.3, -0.25) is 4.99 Å². The number of anilines is 1. The van der Waals surface area contributed by atoms with E-state index in [1.807, 2.05) is 55.5 Å². The molecule has 0 fully saturated rings. The molecule has 0 unspecified atom stereocenters. The average molecular weight is 409 g/mol. The van der Waals surface area contributed by atoms with E-state index in [9.17, 15) is 0 Å². The lowest BCUT2D eigenvalue weighted by Gasteiger charge is -2.20. The molecule has 0 aliphatic carbocycles. The fraction of sp³-hybridized carbons (Fsp3) is 0.0769. The first-order valence-corrected chi connectivity index (χ1v) is 11.3. The van der Waals surface area contributed by atoms with Gasteiger partial charge in [0.15, 0.2) is 0 Å². The summed E-state index contributed by atoms with van der Waals surface area (Å²) in [6, 6.07) is 35.3. The van der Waals surface area contributed by atoms with Crippen LogP contribution in [0.3, 0.4) is 0 Å². The van der Waals surface area contributed by atoms with Crippen molar-refractivity contribution in [2.45, 2.75) is 13.8 Å². The summed E-state index contributed by atoms with van der Waals surface area (Å²) in [5.74, 6) is 0.852. The second-order valence-electron chi connectivity index (χ2n) is 7.01. The molecule has 3 nitrogen and oxygen atoms in total. The number of aromatic nitrogens is 1. The molecule has 4 heteroatoms. The van der Waals surface area contributed by atoms with Crippen LogP contribution >= 0.6 is 8.07 Å². The van der Waals surface area contributed by atoms with Gasteiger partial charge in [-0.05, 0) is 37.6 Å². The SMILES string of the molecule is CC(=Nc1ccccc1C)c1cccc(NP(c2ccccc2)c2ccccc2)n1. The van der Waals surface area contributed by atoms with Gasteiger partial charge in [0, 0.05) is 10.6 Å². The van der Waals surface area contributed by atoms with E-state index in [-0.39, 0.29) is 0 Å². The summed E-state index contributed by atoms with van der Waals surface area (Å²) in [5.41, 5.74) is 3.91. The number of nitrogens with one attached hydrogen (secondary N) is 1. The van der Waals surface area contributed by atoms with Crippen LogP contribution in [0.2, 0.25) is 0 Å². The summed E-state index contributed by atoms with van der Waals surface area (Å²) in [7, 11) is -0.764. The predicted octanol–water partition coefficient (Wildman–Crippen LogP) is 5.99. The minimum absolute atomic E-state index is 0.764. The Labute approximate surface area is 179 Å². The Bertz CT molecular complexity index is 1100. The van der Waals surface area contributed by atoms with Crippen molar-refractivity contribution < 1.29 is 0 Å². The van der Waals surface area contributed by atoms with Crippen LogP contribution in [-0.4, -0.2) is 10.7 Å². The molecule has 30 heavy (non-hydrogen) atoms. The molecule has 148 valence electrons. The molecule has 0 spiro atoms. The molecular formula is C26H24N3P. The van der Waals surface area contributed by atoms with Crippen molar-refractivity contribution in [2.75, 3.05) is 5.09 Å². The number of hydrogen-bond donors (Lipinski definition) is 1. The molecule has 0 bridgehead atoms. The number of hydrogen-bond acceptors (Lipinski definition) is 3. The lowest BCUT2D eigenvalue weighted by Crippen LogP contribution is -2.17. The Kier molecular flexibility index (Phi) is 6.32. The minimum Gasteiger partial charge on any atom is -0.342 e. The van der Waals surface area contributed by atoms with Gasteiger partial charge in [0.1, 0.15) is 5.82 Å². The summed E-state index contributed by atoms with van der Waals surface area (Å²) in [4.78, 5) is 9.66. The van der Waals surface area contributed by atoms with Crippen LogP contribution in [0.25, 0.3) is 0 Å². The van der Waals surface area contributed by atoms with Gasteiger partial charge in [0.25, 0.3) is 0 Å². The number of pyridine rings is 1. The summed E-state index contributed by atoms with van der Waals surface area (Å²) < 4.78 is 0. The maximum atomic E-state index is 4.86. The van der Waals surface area contributed by atoms with Crippen molar-refractivity contribution >= 4 is 35.9 Å². The van der Waals surface area contributed by atoms with Crippen LogP contribution in [-0.2, 0) is 0 Å². The first kappa shape index (κ1) is 20.0. The fourth-order valence-corrected chi connectivity index (χ4v) is 5.02. The standard InChI is InChI=1S/C26H24N3P/c1-20-12-9-10-17-24(20)27-21(2)25-18-11-19-26(28-25)29-30(22-13-5-3-6-14-22)23-15-7-4-8-16-23/h3-19H,1-2H3,(H,28,29). The number of rotatable bonds is 6. The first-order valence-electron chi connectivity index (χ1n) is 9.96. The third kappa shape index (κ3) is 4.82. The van der Waals surface area contributed by atoms with Gasteiger partial charge in [-0.2, -0.15) is 0 Å². The Morgan fingerprint density at radius 3 is 1.97 bits per heavy atom. The lowest BCUT2D eigenvalue weighted by molar-refractivity contribution is 1.28. The third-order valence-corrected chi connectivity index (χ3v) is 6.86. The molecule has 1 aromatic heterocycles. The van der Waals surface area contributed by atoms with E-state index in [1.54, 1.807) is 0 Å². The van der Waals surface area contributed by atoms with Crippen LogP contribution in [0.4, 0.5) is 11.5 Å². The fourth-order valence-electron chi connectivity index (χ4n) is 3.17. The third-order valence-electron chi connectivity index (χ3n) is 4.78. The number of para-hydroxylation sites is 1. The van der Waals surface area contributed by atoms with Crippen LogP contribution in [0.1, 0.15) is 18.2 Å². The van der Waals surface area contributed by atoms with E-state index in [1.165, 1.54) is 10.6 Å². The van der Waals surface area contributed by atoms with Crippen LogP contribution in [0, 0.1) is 6.92 Å². The van der Waals surface area contributed by atoms with Gasteiger partial charge in [-0.15, -0.1) is 0 Å². The van der Waals surface area contributed by atoms with E-state index in [0.717, 1.165) is 28.5 Å². The van der Waals surface area contributed by atoms with Gasteiger partial charge in [0.2, 0.25) is 0 Å². The van der Waals surface area contributed by atoms with E-state index in [4.69, 9.17) is 9.98 Å². The zero-order chi connectivity index (χ0) is 20.8. The average Bonchev–Trinajstić information content (AvgIpc) is 2.80. The predicted molar refractivity (Wildman–Crippen MR) is 130 cm³/mol. The Hall–Kier alpha value is -3.29. The zero-order valence-electron chi connectivity index (χ0n) is 17.2. The molecule has 0 amide bonds. The molecule has 1 heterocycles. The van der Waals surface area contributed by atoms with Crippen LogP contribution in [0.5, 0.6) is 0 Å². The molecule has 0 saturated carbocycles. The van der Waals surface area contributed by atoms with Gasteiger partial charge in [-0.25, -0.2) is 4.98 Å². The smallest absolute Gasteiger partial charge is 0.130 e. The first-order chi connectivity index (χ1) is 14.7. The van der Waals surface area contributed by atoms with Crippen molar-refractivity contribution in [1.82, 2.24) is 4.98 Å². The van der Waals surface area contributed by atoms with E-state index in [2.05, 4.69) is 66.6 Å². The topological polar surface area (TPSA) is 37.3 Å². The highest BCUT2D eigenvalue weighted by atomic mass is 31.1. The van der Waals surface area contributed by atoms with Gasteiger partial charge in [-0.1, -0.05) is 84.9 Å². The van der Waals surface area contributed by atoms with E-state index in [0.29, 0.717) is 0 Å². The van der Waals surface area contributed by atoms with Crippen molar-refractivity contribution in [2.24, 2.45) is 4.99 Å². The maximum Gasteiger partial charge on any atom is 0.130 e. The molecule has 0 aliphatic heterocycles. The number of nitrogens with zero attached hydrogens (tertiary/aromatic N) is 2. The monoisotopic (exact) mass is 409 g/mol. The molecular weight excluding hydrogens is 385 g/mol. The molecule has 0 aliphatic rings. The van der Waals surface area contributed by atoms with Crippen molar-refractivity contribution in [3.63, 3.8) is 0 Å². The van der Waals surface area contributed by atoms with Crippen LogP contribution < -0.4 is 15.7 Å². The van der Waals surface area contributed by atoms with E-state index >= 15 is 0 Å². The summed E-state index contributed by atoms with van der Waals surface area (Å²) in [6.07, 6.45) is 0. The number of aliphatic imine (C=N–C) groups is 1. The highest BCUT2D eigenvalue weighted by Crippen LogP contribution is 2.33. The largest absolute Gasteiger partial charge is 0.342 e. The quantitative estimate of drug-likeness (QED) is 0.314. The molecule has 4 aromatic rings. The molecule has 4 rings (SSSR count). The van der Waals surface area contributed by atoms with Crippen molar-refractivity contribution in [3.05, 3.63) is 114 Å². The zero-order valence-corrected chi connectivity index (χ0v) is 18.1. The Morgan fingerprint density at radius 1 is 0.733 bits per heavy atom. The Morgan fingerprint density at radius 2 is 1.33 bits per heavy atom. The molecule has 0 radical (unpaired) electrons. The normalized spacial score (nSPS) is 11.5. The van der Waals surface area contributed by atoms with E-state index < -0.39 is 8.07 Å².